The van der Waals surface area contributed by atoms with E-state index in [1.807, 2.05) is 0 Å². The number of rotatable bonds is 0. The van der Waals surface area contributed by atoms with Gasteiger partial charge >= 0.3 is 0 Å². The van der Waals surface area contributed by atoms with Crippen LogP contribution in [0.15, 0.2) is 11.3 Å². The molecule has 1 amide bonds. The van der Waals surface area contributed by atoms with Gasteiger partial charge in [-0.3, -0.25) is 4.79 Å². The predicted molar refractivity (Wildman–Crippen MR) is 31.5 cm³/mol. The Kier molecular flexibility index (Phi) is 1.48. The third-order valence-corrected chi connectivity index (χ3v) is 1.49. The monoisotopic (exact) mass is 124 g/mol. The predicted octanol–water partition coefficient (Wildman–Crippen LogP) is -0.441. The van der Waals surface area contributed by atoms with E-state index in [0.29, 0.717) is 0 Å². The smallest absolute Gasteiger partial charge is 0.246 e. The van der Waals surface area contributed by atoms with E-state index in [1.165, 1.54) is 0 Å². The summed E-state index contributed by atoms with van der Waals surface area (Å²) in [5.41, 5.74) is 2.50. The Hall–Kier alpha value is -0.573. The van der Waals surface area contributed by atoms with Crippen molar-refractivity contribution in [3.8, 4) is 0 Å². The molecule has 3 radical (unpaired) electrons. The maximum Gasteiger partial charge on any atom is 0.246 e. The standard InChI is InChI=1S/C5H6NOSi/c7-5-4(3-8)1-2-6-5/h3H,1-2H2,(H,6,7)/b4-3+. The lowest BCUT2D eigenvalue weighted by atomic mass is 10.3. The van der Waals surface area contributed by atoms with E-state index in [1.54, 1.807) is 5.70 Å². The third kappa shape index (κ3) is 0.814. The summed E-state index contributed by atoms with van der Waals surface area (Å²) in [5.74, 6) is 0.0556. The van der Waals surface area contributed by atoms with Gasteiger partial charge in [0.1, 0.15) is 0 Å². The largest absolute Gasteiger partial charge is 0.352 e. The van der Waals surface area contributed by atoms with Gasteiger partial charge in [-0.15, -0.1) is 0 Å². The first-order chi connectivity index (χ1) is 3.84. The fourth-order valence-corrected chi connectivity index (χ4v) is 0.951. The highest BCUT2D eigenvalue weighted by atomic mass is 28.1. The Bertz CT molecular complexity index is 141. The fourth-order valence-electron chi connectivity index (χ4n) is 0.675. The quantitative estimate of drug-likeness (QED) is 0.344. The molecule has 1 N–H and O–H groups in total. The average Bonchev–Trinajstić information content (AvgIpc) is 2.14. The number of amides is 1. The second-order valence-electron chi connectivity index (χ2n) is 1.68. The highest BCUT2D eigenvalue weighted by Gasteiger charge is 2.13. The van der Waals surface area contributed by atoms with Gasteiger partial charge < -0.3 is 5.32 Å². The van der Waals surface area contributed by atoms with Crippen molar-refractivity contribution in [2.75, 3.05) is 6.54 Å². The Balaban J connectivity index is 2.69. The summed E-state index contributed by atoms with van der Waals surface area (Å²) in [4.78, 5) is 10.6. The molecule has 3 heteroatoms. The molecule has 0 unspecified atom stereocenters. The molecule has 2 nitrogen and oxygen atoms in total. The van der Waals surface area contributed by atoms with Crippen molar-refractivity contribution in [2.24, 2.45) is 0 Å². The molecule has 1 heterocycles. The SMILES string of the molecule is O=C1NCC/C1=C\[Si]. The number of hydrogen-bond acceptors (Lipinski definition) is 1. The van der Waals surface area contributed by atoms with Crippen LogP contribution in [0.5, 0.6) is 0 Å². The lowest BCUT2D eigenvalue weighted by molar-refractivity contribution is -0.116. The molecule has 8 heavy (non-hydrogen) atoms. The zero-order valence-electron chi connectivity index (χ0n) is 4.40. The highest BCUT2D eigenvalue weighted by Crippen LogP contribution is 2.04. The Morgan fingerprint density at radius 2 is 2.50 bits per heavy atom. The lowest BCUT2D eigenvalue weighted by Crippen LogP contribution is -2.13. The fraction of sp³-hybridized carbons (Fsp3) is 0.400. The second kappa shape index (κ2) is 2.13. The first-order valence-electron chi connectivity index (χ1n) is 2.49. The summed E-state index contributed by atoms with van der Waals surface area (Å²) in [6, 6.07) is 0. The zero-order valence-corrected chi connectivity index (χ0v) is 5.40. The van der Waals surface area contributed by atoms with Crippen molar-refractivity contribution >= 4 is 16.1 Å². The van der Waals surface area contributed by atoms with Crippen LogP contribution in [0.4, 0.5) is 0 Å². The summed E-state index contributed by atoms with van der Waals surface area (Å²) in [5, 5.41) is 2.68. The first-order valence-corrected chi connectivity index (χ1v) is 3.07. The molecule has 0 atom stereocenters. The molecule has 1 rings (SSSR count). The molecule has 1 aliphatic heterocycles. The van der Waals surface area contributed by atoms with Crippen LogP contribution in [-0.4, -0.2) is 22.7 Å². The number of nitrogens with one attached hydrogen (secondary N) is 1. The number of hydrogen-bond donors (Lipinski definition) is 1. The minimum atomic E-state index is 0.0556. The van der Waals surface area contributed by atoms with Crippen LogP contribution in [0.1, 0.15) is 6.42 Å². The van der Waals surface area contributed by atoms with Gasteiger partial charge in [-0.1, -0.05) is 5.70 Å². The molecule has 0 aromatic rings. The van der Waals surface area contributed by atoms with Crippen LogP contribution in [0, 0.1) is 0 Å². The summed E-state index contributed by atoms with van der Waals surface area (Å²) < 4.78 is 0. The molecule has 1 fully saturated rings. The Morgan fingerprint density at radius 1 is 1.75 bits per heavy atom. The van der Waals surface area contributed by atoms with Gasteiger partial charge in [0.2, 0.25) is 5.91 Å². The molecule has 41 valence electrons. The summed E-state index contributed by atoms with van der Waals surface area (Å²) >= 11 is 0. The maximum absolute atomic E-state index is 10.6. The van der Waals surface area contributed by atoms with Crippen molar-refractivity contribution in [1.82, 2.24) is 5.32 Å². The topological polar surface area (TPSA) is 29.1 Å². The van der Waals surface area contributed by atoms with E-state index in [2.05, 4.69) is 15.6 Å². The first kappa shape index (κ1) is 5.56. The molecule has 1 aliphatic rings. The molecule has 1 saturated heterocycles. The molecular formula is C5H6NOSi. The van der Waals surface area contributed by atoms with Crippen molar-refractivity contribution < 1.29 is 4.79 Å². The van der Waals surface area contributed by atoms with E-state index in [0.717, 1.165) is 18.5 Å². The average molecular weight is 124 g/mol. The van der Waals surface area contributed by atoms with E-state index < -0.39 is 0 Å². The van der Waals surface area contributed by atoms with Crippen LogP contribution >= 0.6 is 0 Å². The zero-order chi connectivity index (χ0) is 5.98. The molecule has 0 aliphatic carbocycles. The van der Waals surface area contributed by atoms with E-state index >= 15 is 0 Å². The summed E-state index contributed by atoms with van der Waals surface area (Å²) in [6.07, 6.45) is 0.850. The summed E-state index contributed by atoms with van der Waals surface area (Å²) in [7, 11) is 3.14. The second-order valence-corrected chi connectivity index (χ2v) is 1.96. The van der Waals surface area contributed by atoms with Crippen molar-refractivity contribution in [2.45, 2.75) is 6.42 Å². The molecule has 0 aromatic heterocycles. The molecule has 0 spiro atoms. The Labute approximate surface area is 51.4 Å². The third-order valence-electron chi connectivity index (χ3n) is 1.15. The van der Waals surface area contributed by atoms with Gasteiger partial charge in [-0.05, 0) is 6.42 Å². The summed E-state index contributed by atoms with van der Waals surface area (Å²) in [6.45, 7) is 0.787. The minimum Gasteiger partial charge on any atom is -0.352 e. The molecular weight excluding hydrogens is 118 g/mol. The van der Waals surface area contributed by atoms with Crippen LogP contribution < -0.4 is 5.32 Å². The van der Waals surface area contributed by atoms with Crippen LogP contribution in [0.2, 0.25) is 0 Å². The molecule has 0 bridgehead atoms. The normalized spacial score (nSPS) is 24.1. The molecule has 0 saturated carbocycles. The van der Waals surface area contributed by atoms with Crippen LogP contribution in [0.25, 0.3) is 0 Å². The lowest BCUT2D eigenvalue weighted by Gasteiger charge is -1.85. The van der Waals surface area contributed by atoms with Gasteiger partial charge in [-0.25, -0.2) is 0 Å². The van der Waals surface area contributed by atoms with E-state index in [-0.39, 0.29) is 5.91 Å². The van der Waals surface area contributed by atoms with Crippen molar-refractivity contribution in [3.05, 3.63) is 11.3 Å². The van der Waals surface area contributed by atoms with Gasteiger partial charge in [0.15, 0.2) is 0 Å². The maximum atomic E-state index is 10.6. The van der Waals surface area contributed by atoms with Crippen molar-refractivity contribution in [1.29, 1.82) is 0 Å². The van der Waals surface area contributed by atoms with Crippen molar-refractivity contribution in [3.63, 3.8) is 0 Å². The molecule has 0 aromatic carbocycles. The van der Waals surface area contributed by atoms with Gasteiger partial charge in [0.05, 0.1) is 10.2 Å². The van der Waals surface area contributed by atoms with Gasteiger partial charge in [-0.2, -0.15) is 0 Å². The van der Waals surface area contributed by atoms with E-state index in [9.17, 15) is 4.79 Å². The van der Waals surface area contributed by atoms with Gasteiger partial charge in [0, 0.05) is 12.1 Å². The Morgan fingerprint density at radius 3 is 2.75 bits per heavy atom. The number of carbonyl (C=O) groups is 1. The van der Waals surface area contributed by atoms with Crippen LogP contribution in [0.3, 0.4) is 0 Å². The highest BCUT2D eigenvalue weighted by molar-refractivity contribution is 6.20. The number of carbonyl (C=O) groups excluding carboxylic acids is 1. The van der Waals surface area contributed by atoms with Gasteiger partial charge in [0.25, 0.3) is 0 Å². The minimum absolute atomic E-state index is 0.0556. The van der Waals surface area contributed by atoms with Crippen LogP contribution in [-0.2, 0) is 4.79 Å². The van der Waals surface area contributed by atoms with E-state index in [4.69, 9.17) is 0 Å².